The molecule has 1 N–H and O–H groups in total. The molecule has 3 nitrogen and oxygen atoms in total. The standard InChI is InChI=1S/C12H16BrN3/c1-16(2)7-3-6-15-11-5-4-10(9-14)12(13)8-11/h4-5,8,15H,3,6-7H2,1-2H3. The van der Waals surface area contributed by atoms with E-state index in [1.54, 1.807) is 0 Å². The van der Waals surface area contributed by atoms with Gasteiger partial charge in [-0.15, -0.1) is 0 Å². The summed E-state index contributed by atoms with van der Waals surface area (Å²) in [6, 6.07) is 7.81. The number of rotatable bonds is 5. The molecule has 0 atom stereocenters. The lowest BCUT2D eigenvalue weighted by molar-refractivity contribution is 0.405. The van der Waals surface area contributed by atoms with E-state index in [2.05, 4.69) is 46.3 Å². The average Bonchev–Trinajstić information content (AvgIpc) is 2.24. The zero-order chi connectivity index (χ0) is 12.0. The lowest BCUT2D eigenvalue weighted by Crippen LogP contribution is -2.16. The van der Waals surface area contributed by atoms with Gasteiger partial charge in [-0.1, -0.05) is 0 Å². The molecular formula is C12H16BrN3. The molecule has 0 bridgehead atoms. The zero-order valence-electron chi connectivity index (χ0n) is 9.63. The SMILES string of the molecule is CN(C)CCCNc1ccc(C#N)c(Br)c1. The van der Waals surface area contributed by atoms with Gasteiger partial charge in [-0.2, -0.15) is 5.26 Å². The van der Waals surface area contributed by atoms with Gasteiger partial charge in [-0.05, 0) is 61.2 Å². The molecule has 1 aromatic rings. The van der Waals surface area contributed by atoms with Crippen molar-refractivity contribution in [2.45, 2.75) is 6.42 Å². The van der Waals surface area contributed by atoms with Crippen LogP contribution in [0.4, 0.5) is 5.69 Å². The van der Waals surface area contributed by atoms with E-state index in [1.165, 1.54) is 0 Å². The fourth-order valence-electron chi connectivity index (χ4n) is 1.34. The number of nitrogens with zero attached hydrogens (tertiary/aromatic N) is 2. The summed E-state index contributed by atoms with van der Waals surface area (Å²) in [6.07, 6.45) is 1.10. The highest BCUT2D eigenvalue weighted by molar-refractivity contribution is 9.10. The minimum atomic E-state index is 0.666. The van der Waals surface area contributed by atoms with Crippen LogP contribution in [0.25, 0.3) is 0 Å². The second kappa shape index (κ2) is 6.51. The van der Waals surface area contributed by atoms with Crippen molar-refractivity contribution in [1.29, 1.82) is 5.26 Å². The summed E-state index contributed by atoms with van der Waals surface area (Å²) in [7, 11) is 4.14. The molecule has 1 rings (SSSR count). The van der Waals surface area contributed by atoms with E-state index in [0.717, 1.165) is 29.7 Å². The number of hydrogen-bond donors (Lipinski definition) is 1. The zero-order valence-corrected chi connectivity index (χ0v) is 11.2. The Kier molecular flexibility index (Phi) is 5.30. The van der Waals surface area contributed by atoms with Crippen LogP contribution >= 0.6 is 15.9 Å². The van der Waals surface area contributed by atoms with E-state index in [-0.39, 0.29) is 0 Å². The Morgan fingerprint density at radius 3 is 2.75 bits per heavy atom. The Balaban J connectivity index is 2.44. The normalized spacial score (nSPS) is 10.2. The van der Waals surface area contributed by atoms with Crippen LogP contribution in [0.15, 0.2) is 22.7 Å². The van der Waals surface area contributed by atoms with Crippen molar-refractivity contribution < 1.29 is 0 Å². The van der Waals surface area contributed by atoms with Crippen LogP contribution in [-0.2, 0) is 0 Å². The molecule has 0 aliphatic heterocycles. The molecule has 16 heavy (non-hydrogen) atoms. The Labute approximate surface area is 105 Å². The molecule has 1 aromatic carbocycles. The van der Waals surface area contributed by atoms with Crippen molar-refractivity contribution in [3.63, 3.8) is 0 Å². The Hall–Kier alpha value is -1.05. The number of halogens is 1. The maximum absolute atomic E-state index is 8.78. The fraction of sp³-hybridized carbons (Fsp3) is 0.417. The Bertz CT molecular complexity index is 382. The van der Waals surface area contributed by atoms with E-state index in [0.29, 0.717) is 5.56 Å². The molecule has 0 radical (unpaired) electrons. The number of benzene rings is 1. The summed E-state index contributed by atoms with van der Waals surface area (Å²) in [5, 5.41) is 12.1. The second-order valence-electron chi connectivity index (χ2n) is 3.89. The van der Waals surface area contributed by atoms with Crippen molar-refractivity contribution in [3.8, 4) is 6.07 Å². The van der Waals surface area contributed by atoms with Crippen LogP contribution < -0.4 is 5.32 Å². The summed E-state index contributed by atoms with van der Waals surface area (Å²) >= 11 is 3.37. The molecular weight excluding hydrogens is 266 g/mol. The maximum atomic E-state index is 8.78. The monoisotopic (exact) mass is 281 g/mol. The van der Waals surface area contributed by atoms with Crippen LogP contribution in [0.5, 0.6) is 0 Å². The predicted octanol–water partition coefficient (Wildman–Crippen LogP) is 2.68. The minimum absolute atomic E-state index is 0.666. The molecule has 0 unspecified atom stereocenters. The third kappa shape index (κ3) is 4.21. The summed E-state index contributed by atoms with van der Waals surface area (Å²) < 4.78 is 0.840. The van der Waals surface area contributed by atoms with Crippen molar-refractivity contribution in [2.75, 3.05) is 32.5 Å². The van der Waals surface area contributed by atoms with Crippen LogP contribution in [0.1, 0.15) is 12.0 Å². The number of nitriles is 1. The van der Waals surface area contributed by atoms with E-state index < -0.39 is 0 Å². The highest BCUT2D eigenvalue weighted by atomic mass is 79.9. The van der Waals surface area contributed by atoms with E-state index in [4.69, 9.17) is 5.26 Å². The van der Waals surface area contributed by atoms with Crippen LogP contribution in [0.2, 0.25) is 0 Å². The highest BCUT2D eigenvalue weighted by Crippen LogP contribution is 2.20. The van der Waals surface area contributed by atoms with Gasteiger partial charge in [0.05, 0.1) is 5.56 Å². The van der Waals surface area contributed by atoms with Gasteiger partial charge in [0.2, 0.25) is 0 Å². The van der Waals surface area contributed by atoms with E-state index in [9.17, 15) is 0 Å². The van der Waals surface area contributed by atoms with E-state index in [1.807, 2.05) is 18.2 Å². The maximum Gasteiger partial charge on any atom is 0.100 e. The Morgan fingerprint density at radius 2 is 2.19 bits per heavy atom. The fourth-order valence-corrected chi connectivity index (χ4v) is 1.81. The molecule has 86 valence electrons. The van der Waals surface area contributed by atoms with Crippen LogP contribution in [0, 0.1) is 11.3 Å². The highest BCUT2D eigenvalue weighted by Gasteiger charge is 1.99. The number of nitrogens with one attached hydrogen (secondary N) is 1. The molecule has 0 saturated heterocycles. The quantitative estimate of drug-likeness (QED) is 0.844. The third-order valence-electron chi connectivity index (χ3n) is 2.20. The molecule has 0 aliphatic carbocycles. The van der Waals surface area contributed by atoms with Crippen LogP contribution in [0.3, 0.4) is 0 Å². The lowest BCUT2D eigenvalue weighted by Gasteiger charge is -2.11. The largest absolute Gasteiger partial charge is 0.385 e. The average molecular weight is 282 g/mol. The van der Waals surface area contributed by atoms with Gasteiger partial charge in [0.1, 0.15) is 6.07 Å². The molecule has 0 spiro atoms. The number of hydrogen-bond acceptors (Lipinski definition) is 3. The first kappa shape index (κ1) is 13.0. The third-order valence-corrected chi connectivity index (χ3v) is 2.86. The van der Waals surface area contributed by atoms with Gasteiger partial charge in [0.15, 0.2) is 0 Å². The summed E-state index contributed by atoms with van der Waals surface area (Å²) in [5.41, 5.74) is 1.71. The lowest BCUT2D eigenvalue weighted by atomic mass is 10.2. The summed E-state index contributed by atoms with van der Waals surface area (Å²) in [4.78, 5) is 2.16. The molecule has 0 aromatic heterocycles. The summed E-state index contributed by atoms with van der Waals surface area (Å²) in [6.45, 7) is 2.01. The predicted molar refractivity (Wildman–Crippen MR) is 70.5 cm³/mol. The molecule has 0 amide bonds. The van der Waals surface area contributed by atoms with Crippen molar-refractivity contribution in [2.24, 2.45) is 0 Å². The van der Waals surface area contributed by atoms with Crippen LogP contribution in [-0.4, -0.2) is 32.1 Å². The molecule has 0 aliphatic rings. The first-order valence-corrected chi connectivity index (χ1v) is 6.01. The van der Waals surface area contributed by atoms with Crippen molar-refractivity contribution in [1.82, 2.24) is 4.90 Å². The van der Waals surface area contributed by atoms with Gasteiger partial charge >= 0.3 is 0 Å². The minimum Gasteiger partial charge on any atom is -0.385 e. The molecule has 0 fully saturated rings. The van der Waals surface area contributed by atoms with Crippen molar-refractivity contribution in [3.05, 3.63) is 28.2 Å². The van der Waals surface area contributed by atoms with E-state index >= 15 is 0 Å². The van der Waals surface area contributed by atoms with Gasteiger partial charge in [-0.3, -0.25) is 0 Å². The first-order chi connectivity index (χ1) is 7.63. The molecule has 0 heterocycles. The van der Waals surface area contributed by atoms with Gasteiger partial charge in [0.25, 0.3) is 0 Å². The Morgan fingerprint density at radius 1 is 1.44 bits per heavy atom. The second-order valence-corrected chi connectivity index (χ2v) is 4.74. The smallest absolute Gasteiger partial charge is 0.100 e. The first-order valence-electron chi connectivity index (χ1n) is 5.21. The molecule has 0 saturated carbocycles. The van der Waals surface area contributed by atoms with Gasteiger partial charge in [-0.25, -0.2) is 0 Å². The number of anilines is 1. The van der Waals surface area contributed by atoms with Gasteiger partial charge < -0.3 is 10.2 Å². The molecule has 4 heteroatoms. The summed E-state index contributed by atoms with van der Waals surface area (Å²) in [5.74, 6) is 0. The van der Waals surface area contributed by atoms with Gasteiger partial charge in [0, 0.05) is 16.7 Å². The van der Waals surface area contributed by atoms with Crippen molar-refractivity contribution >= 4 is 21.6 Å². The topological polar surface area (TPSA) is 39.1 Å².